The molecule has 1 aromatic heterocycles. The number of hydrogen-bond donors (Lipinski definition) is 1. The van der Waals surface area contributed by atoms with Crippen LogP contribution in [0.25, 0.3) is 0 Å². The summed E-state index contributed by atoms with van der Waals surface area (Å²) in [5, 5.41) is 4.56. The topological polar surface area (TPSA) is 46.6 Å². The third-order valence-electron chi connectivity index (χ3n) is 3.25. The SMILES string of the molecule is CCCNCc1sc(N2CCCOCC2)nc1COC. The molecule has 2 rings (SSSR count). The summed E-state index contributed by atoms with van der Waals surface area (Å²) in [6, 6.07) is 0. The molecule has 20 heavy (non-hydrogen) atoms. The summed E-state index contributed by atoms with van der Waals surface area (Å²) in [5.41, 5.74) is 1.07. The summed E-state index contributed by atoms with van der Waals surface area (Å²) in [5.74, 6) is 0. The Morgan fingerprint density at radius 1 is 1.40 bits per heavy atom. The monoisotopic (exact) mass is 299 g/mol. The fourth-order valence-corrected chi connectivity index (χ4v) is 3.29. The summed E-state index contributed by atoms with van der Waals surface area (Å²) in [6.07, 6.45) is 2.22. The van der Waals surface area contributed by atoms with E-state index in [4.69, 9.17) is 14.5 Å². The second-order valence-corrected chi connectivity index (χ2v) is 5.99. The number of nitrogens with zero attached hydrogens (tertiary/aromatic N) is 2. The van der Waals surface area contributed by atoms with Gasteiger partial charge in [0.25, 0.3) is 0 Å². The standard InChI is InChI=1S/C14H25N3O2S/c1-3-5-15-10-13-12(11-18-2)16-14(20-13)17-6-4-8-19-9-7-17/h15H,3-11H2,1-2H3. The Bertz CT molecular complexity index is 390. The third-order valence-corrected chi connectivity index (χ3v) is 4.41. The average Bonchev–Trinajstić information content (AvgIpc) is 2.68. The lowest BCUT2D eigenvalue weighted by molar-refractivity contribution is 0.152. The van der Waals surface area contributed by atoms with E-state index in [1.165, 1.54) is 4.88 Å². The number of nitrogens with one attached hydrogen (secondary N) is 1. The van der Waals surface area contributed by atoms with Gasteiger partial charge in [-0.3, -0.25) is 0 Å². The predicted octanol–water partition coefficient (Wildman–Crippen LogP) is 2.02. The van der Waals surface area contributed by atoms with Crippen LogP contribution < -0.4 is 10.2 Å². The quantitative estimate of drug-likeness (QED) is 0.781. The van der Waals surface area contributed by atoms with E-state index in [0.29, 0.717) is 6.61 Å². The van der Waals surface area contributed by atoms with Crippen LogP contribution in [0.1, 0.15) is 30.3 Å². The molecular formula is C14H25N3O2S. The molecule has 1 N–H and O–H groups in total. The van der Waals surface area contributed by atoms with Gasteiger partial charge in [-0.1, -0.05) is 6.92 Å². The Morgan fingerprint density at radius 2 is 2.30 bits per heavy atom. The van der Waals surface area contributed by atoms with Crippen molar-refractivity contribution >= 4 is 16.5 Å². The smallest absolute Gasteiger partial charge is 0.185 e. The lowest BCUT2D eigenvalue weighted by Crippen LogP contribution is -2.25. The van der Waals surface area contributed by atoms with Gasteiger partial charge in [0.05, 0.1) is 18.9 Å². The molecule has 0 aliphatic carbocycles. The molecule has 0 spiro atoms. The van der Waals surface area contributed by atoms with Crippen molar-refractivity contribution in [2.75, 3.05) is 44.9 Å². The maximum atomic E-state index is 5.51. The molecule has 0 unspecified atom stereocenters. The van der Waals surface area contributed by atoms with Gasteiger partial charge in [0.15, 0.2) is 5.13 Å². The van der Waals surface area contributed by atoms with Gasteiger partial charge in [-0.2, -0.15) is 0 Å². The molecule has 1 fully saturated rings. The second-order valence-electron chi connectivity index (χ2n) is 4.93. The fourth-order valence-electron chi connectivity index (χ4n) is 2.21. The average molecular weight is 299 g/mol. The Morgan fingerprint density at radius 3 is 3.10 bits per heavy atom. The Labute approximate surface area is 125 Å². The van der Waals surface area contributed by atoms with E-state index >= 15 is 0 Å². The van der Waals surface area contributed by atoms with Crippen molar-refractivity contribution in [3.63, 3.8) is 0 Å². The molecule has 0 radical (unpaired) electrons. The molecule has 1 aromatic rings. The summed E-state index contributed by atoms with van der Waals surface area (Å²) in [6.45, 7) is 8.30. The maximum Gasteiger partial charge on any atom is 0.185 e. The lowest BCUT2D eigenvalue weighted by atomic mass is 10.3. The van der Waals surface area contributed by atoms with Crippen LogP contribution in [0.4, 0.5) is 5.13 Å². The number of ether oxygens (including phenoxy) is 2. The van der Waals surface area contributed by atoms with E-state index in [9.17, 15) is 0 Å². The van der Waals surface area contributed by atoms with E-state index in [-0.39, 0.29) is 0 Å². The number of aromatic nitrogens is 1. The van der Waals surface area contributed by atoms with E-state index in [1.54, 1.807) is 18.4 Å². The van der Waals surface area contributed by atoms with Crippen LogP contribution in [-0.2, 0) is 22.6 Å². The maximum absolute atomic E-state index is 5.51. The summed E-state index contributed by atoms with van der Waals surface area (Å²) < 4.78 is 10.8. The number of rotatable bonds is 7. The van der Waals surface area contributed by atoms with Crippen LogP contribution in [0, 0.1) is 0 Å². The molecule has 6 heteroatoms. The van der Waals surface area contributed by atoms with Gasteiger partial charge >= 0.3 is 0 Å². The lowest BCUT2D eigenvalue weighted by Gasteiger charge is -2.17. The highest BCUT2D eigenvalue weighted by Gasteiger charge is 2.17. The molecule has 5 nitrogen and oxygen atoms in total. The molecule has 0 bridgehead atoms. The summed E-state index contributed by atoms with van der Waals surface area (Å²) in [4.78, 5) is 8.39. The van der Waals surface area contributed by atoms with Crippen LogP contribution in [-0.4, -0.2) is 44.9 Å². The first-order valence-corrected chi connectivity index (χ1v) is 8.17. The molecular weight excluding hydrogens is 274 g/mol. The van der Waals surface area contributed by atoms with Crippen LogP contribution in [0.3, 0.4) is 0 Å². The predicted molar refractivity (Wildman–Crippen MR) is 82.5 cm³/mol. The second kappa shape index (κ2) is 8.56. The van der Waals surface area contributed by atoms with Gasteiger partial charge in [0.2, 0.25) is 0 Å². The molecule has 1 aliphatic heterocycles. The number of thiazole rings is 1. The van der Waals surface area contributed by atoms with Gasteiger partial charge in [0.1, 0.15) is 0 Å². The van der Waals surface area contributed by atoms with E-state index in [0.717, 1.165) is 63.1 Å². The van der Waals surface area contributed by atoms with Crippen molar-refractivity contribution in [1.29, 1.82) is 0 Å². The van der Waals surface area contributed by atoms with Crippen molar-refractivity contribution in [3.8, 4) is 0 Å². The minimum absolute atomic E-state index is 0.587. The molecule has 2 heterocycles. The highest BCUT2D eigenvalue weighted by Crippen LogP contribution is 2.27. The van der Waals surface area contributed by atoms with Crippen LogP contribution in [0.5, 0.6) is 0 Å². The van der Waals surface area contributed by atoms with Gasteiger partial charge in [-0.05, 0) is 19.4 Å². The first-order valence-electron chi connectivity index (χ1n) is 7.36. The molecule has 0 atom stereocenters. The van der Waals surface area contributed by atoms with E-state index < -0.39 is 0 Å². The van der Waals surface area contributed by atoms with Gasteiger partial charge in [-0.15, -0.1) is 11.3 Å². The molecule has 1 saturated heterocycles. The summed E-state index contributed by atoms with van der Waals surface area (Å²) >= 11 is 1.78. The minimum atomic E-state index is 0.587. The number of hydrogen-bond acceptors (Lipinski definition) is 6. The zero-order valence-corrected chi connectivity index (χ0v) is 13.3. The Hall–Kier alpha value is -0.690. The molecule has 0 aromatic carbocycles. The Kier molecular flexibility index (Phi) is 6.72. The zero-order chi connectivity index (χ0) is 14.2. The first-order chi connectivity index (χ1) is 9.85. The van der Waals surface area contributed by atoms with Gasteiger partial charge < -0.3 is 19.7 Å². The third kappa shape index (κ3) is 4.41. The number of anilines is 1. The molecule has 0 saturated carbocycles. The van der Waals surface area contributed by atoms with E-state index in [2.05, 4.69) is 17.1 Å². The van der Waals surface area contributed by atoms with Crippen molar-refractivity contribution < 1.29 is 9.47 Å². The number of methoxy groups -OCH3 is 1. The molecule has 114 valence electrons. The van der Waals surface area contributed by atoms with E-state index in [1.807, 2.05) is 0 Å². The van der Waals surface area contributed by atoms with Gasteiger partial charge in [0, 0.05) is 38.2 Å². The molecule has 1 aliphatic rings. The van der Waals surface area contributed by atoms with Crippen molar-refractivity contribution in [2.24, 2.45) is 0 Å². The molecule has 0 amide bonds. The van der Waals surface area contributed by atoms with Gasteiger partial charge in [-0.25, -0.2) is 4.98 Å². The minimum Gasteiger partial charge on any atom is -0.380 e. The van der Waals surface area contributed by atoms with Crippen LogP contribution in [0.15, 0.2) is 0 Å². The van der Waals surface area contributed by atoms with Crippen LogP contribution in [0.2, 0.25) is 0 Å². The normalized spacial score (nSPS) is 16.4. The first kappa shape index (κ1) is 15.7. The highest BCUT2D eigenvalue weighted by atomic mass is 32.1. The highest BCUT2D eigenvalue weighted by molar-refractivity contribution is 7.15. The largest absolute Gasteiger partial charge is 0.380 e. The zero-order valence-electron chi connectivity index (χ0n) is 12.5. The van der Waals surface area contributed by atoms with Crippen molar-refractivity contribution in [2.45, 2.75) is 32.9 Å². The van der Waals surface area contributed by atoms with Crippen LogP contribution >= 0.6 is 11.3 Å². The Balaban J connectivity index is 2.05. The fraction of sp³-hybridized carbons (Fsp3) is 0.786. The summed E-state index contributed by atoms with van der Waals surface area (Å²) in [7, 11) is 1.72. The van der Waals surface area contributed by atoms with Crippen molar-refractivity contribution in [1.82, 2.24) is 10.3 Å². The van der Waals surface area contributed by atoms with Crippen molar-refractivity contribution in [3.05, 3.63) is 10.6 Å².